The van der Waals surface area contributed by atoms with Crippen LogP contribution in [0.25, 0.3) is 0 Å². The summed E-state index contributed by atoms with van der Waals surface area (Å²) in [6, 6.07) is 8.51. The van der Waals surface area contributed by atoms with E-state index >= 15 is 0 Å². The molecule has 0 amide bonds. The highest BCUT2D eigenvalue weighted by molar-refractivity contribution is 5.59. The quantitative estimate of drug-likeness (QED) is 0.567. The number of benzene rings is 2. The topological polar surface area (TPSA) is 40.5 Å². The van der Waals surface area contributed by atoms with E-state index in [0.717, 1.165) is 59.1 Å². The Bertz CT molecular complexity index is 846. The Morgan fingerprint density at radius 3 is 1.31 bits per heavy atom. The third kappa shape index (κ3) is 3.79. The summed E-state index contributed by atoms with van der Waals surface area (Å²) >= 11 is 0. The summed E-state index contributed by atoms with van der Waals surface area (Å²) < 4.78 is 0. The molecule has 0 saturated heterocycles. The summed E-state index contributed by atoms with van der Waals surface area (Å²) in [6.07, 6.45) is 4.12. The normalized spacial score (nSPS) is 17.0. The van der Waals surface area contributed by atoms with Crippen LogP contribution in [0.1, 0.15) is 101 Å². The van der Waals surface area contributed by atoms with E-state index in [2.05, 4.69) is 79.7 Å². The van der Waals surface area contributed by atoms with Crippen molar-refractivity contribution in [2.45, 2.75) is 97.3 Å². The summed E-state index contributed by atoms with van der Waals surface area (Å²) in [7, 11) is 0. The molecule has 0 spiro atoms. The molecule has 158 valence electrons. The number of hydrogen-bond acceptors (Lipinski definition) is 2. The first-order valence-corrected chi connectivity index (χ1v) is 11.0. The van der Waals surface area contributed by atoms with Gasteiger partial charge in [0.25, 0.3) is 0 Å². The lowest BCUT2D eigenvalue weighted by Crippen LogP contribution is -2.27. The van der Waals surface area contributed by atoms with Crippen LogP contribution in [0.5, 0.6) is 11.5 Å². The molecule has 0 radical (unpaired) electrons. The summed E-state index contributed by atoms with van der Waals surface area (Å²) in [4.78, 5) is 0. The minimum Gasteiger partial charge on any atom is -0.507 e. The van der Waals surface area contributed by atoms with Gasteiger partial charge >= 0.3 is 0 Å². The second-order valence-electron chi connectivity index (χ2n) is 11.2. The fraction of sp³-hybridized carbons (Fsp3) is 0.556. The van der Waals surface area contributed by atoms with Gasteiger partial charge in [-0.3, -0.25) is 0 Å². The average molecular weight is 395 g/mol. The molecule has 0 aliphatic heterocycles. The lowest BCUT2D eigenvalue weighted by molar-refractivity contribution is 0.396. The van der Waals surface area contributed by atoms with Crippen LogP contribution in [-0.4, -0.2) is 10.2 Å². The zero-order valence-corrected chi connectivity index (χ0v) is 19.5. The van der Waals surface area contributed by atoms with E-state index in [4.69, 9.17) is 0 Å². The van der Waals surface area contributed by atoms with Crippen molar-refractivity contribution in [3.05, 3.63) is 57.6 Å². The SMILES string of the molecule is Cc1cc(C(C)(C)C)c(O)c(C2(c3cc(C)cc(C(C)(C)C)c3O)CCCC2)c1. The molecule has 1 saturated carbocycles. The van der Waals surface area contributed by atoms with Crippen LogP contribution in [0.3, 0.4) is 0 Å². The average Bonchev–Trinajstić information content (AvgIpc) is 3.07. The predicted octanol–water partition coefficient (Wildman–Crippen LogP) is 7.17. The molecule has 0 atom stereocenters. The van der Waals surface area contributed by atoms with E-state index in [1.54, 1.807) is 0 Å². The number of phenolic OH excluding ortho intramolecular Hbond substituents is 2. The maximum absolute atomic E-state index is 11.4. The van der Waals surface area contributed by atoms with Crippen LogP contribution in [0.15, 0.2) is 24.3 Å². The van der Waals surface area contributed by atoms with Gasteiger partial charge in [0.15, 0.2) is 0 Å². The highest BCUT2D eigenvalue weighted by Gasteiger charge is 2.43. The van der Waals surface area contributed by atoms with Gasteiger partial charge in [-0.1, -0.05) is 89.8 Å². The van der Waals surface area contributed by atoms with Crippen LogP contribution < -0.4 is 0 Å². The summed E-state index contributed by atoms with van der Waals surface area (Å²) in [5.74, 6) is 0.812. The van der Waals surface area contributed by atoms with Crippen LogP contribution >= 0.6 is 0 Å². The zero-order chi connectivity index (χ0) is 21.8. The molecule has 0 bridgehead atoms. The van der Waals surface area contributed by atoms with Crippen molar-refractivity contribution in [2.24, 2.45) is 0 Å². The van der Waals surface area contributed by atoms with E-state index in [1.807, 2.05) is 0 Å². The van der Waals surface area contributed by atoms with Gasteiger partial charge in [-0.15, -0.1) is 0 Å². The Hall–Kier alpha value is -1.96. The van der Waals surface area contributed by atoms with E-state index in [9.17, 15) is 10.2 Å². The van der Waals surface area contributed by atoms with Crippen molar-refractivity contribution >= 4 is 0 Å². The molecule has 2 aromatic carbocycles. The standard InChI is InChI=1S/C27H38O2/c1-17-13-19(25(3,4)5)23(28)21(15-17)27(11-9-10-12-27)22-16-18(2)14-20(24(22)29)26(6,7)8/h13-16,28-29H,9-12H2,1-8H3. The monoisotopic (exact) mass is 394 g/mol. The molecule has 1 fully saturated rings. The van der Waals surface area contributed by atoms with Gasteiger partial charge < -0.3 is 10.2 Å². The van der Waals surface area contributed by atoms with Crippen LogP contribution in [0, 0.1) is 13.8 Å². The van der Waals surface area contributed by atoms with Gasteiger partial charge in [0, 0.05) is 16.5 Å². The first-order valence-electron chi connectivity index (χ1n) is 11.0. The number of rotatable bonds is 2. The molecule has 3 rings (SSSR count). The molecule has 1 aliphatic carbocycles. The Balaban J connectivity index is 2.36. The maximum Gasteiger partial charge on any atom is 0.123 e. The van der Waals surface area contributed by atoms with E-state index < -0.39 is 0 Å². The second kappa shape index (κ2) is 7.07. The van der Waals surface area contributed by atoms with E-state index in [1.165, 1.54) is 0 Å². The first-order chi connectivity index (χ1) is 13.3. The minimum absolute atomic E-state index is 0.143. The number of phenols is 2. The van der Waals surface area contributed by atoms with Crippen molar-refractivity contribution in [1.29, 1.82) is 0 Å². The number of hydrogen-bond donors (Lipinski definition) is 2. The lowest BCUT2D eigenvalue weighted by atomic mass is 9.68. The third-order valence-electron chi connectivity index (χ3n) is 6.61. The van der Waals surface area contributed by atoms with Crippen molar-refractivity contribution in [2.75, 3.05) is 0 Å². The molecular formula is C27H38O2. The predicted molar refractivity (Wildman–Crippen MR) is 122 cm³/mol. The van der Waals surface area contributed by atoms with E-state index in [0.29, 0.717) is 11.5 Å². The van der Waals surface area contributed by atoms with Gasteiger partial charge in [0.2, 0.25) is 0 Å². The molecular weight excluding hydrogens is 356 g/mol. The van der Waals surface area contributed by atoms with Crippen LogP contribution in [0.4, 0.5) is 0 Å². The van der Waals surface area contributed by atoms with Gasteiger partial charge in [-0.2, -0.15) is 0 Å². The molecule has 2 aromatic rings. The fourth-order valence-corrected chi connectivity index (χ4v) is 5.09. The summed E-state index contributed by atoms with van der Waals surface area (Å²) in [5, 5.41) is 22.9. The molecule has 1 aliphatic rings. The van der Waals surface area contributed by atoms with Crippen molar-refractivity contribution in [3.8, 4) is 11.5 Å². The smallest absolute Gasteiger partial charge is 0.123 e. The molecule has 0 aromatic heterocycles. The lowest BCUT2D eigenvalue weighted by Gasteiger charge is -2.36. The van der Waals surface area contributed by atoms with Gasteiger partial charge in [0.1, 0.15) is 11.5 Å². The van der Waals surface area contributed by atoms with Crippen molar-refractivity contribution in [3.63, 3.8) is 0 Å². The summed E-state index contributed by atoms with van der Waals surface area (Å²) in [6.45, 7) is 17.1. The Morgan fingerprint density at radius 2 is 1.00 bits per heavy atom. The minimum atomic E-state index is -0.341. The molecule has 29 heavy (non-hydrogen) atoms. The highest BCUT2D eigenvalue weighted by atomic mass is 16.3. The number of aryl methyl sites for hydroxylation is 2. The zero-order valence-electron chi connectivity index (χ0n) is 19.5. The molecule has 0 unspecified atom stereocenters. The molecule has 2 nitrogen and oxygen atoms in total. The summed E-state index contributed by atoms with van der Waals surface area (Å²) in [5.41, 5.74) is 5.65. The van der Waals surface area contributed by atoms with Gasteiger partial charge in [0.05, 0.1) is 0 Å². The Labute approximate surface area is 177 Å². The Morgan fingerprint density at radius 1 is 0.655 bits per heavy atom. The number of aromatic hydroxyl groups is 2. The van der Waals surface area contributed by atoms with Gasteiger partial charge in [-0.05, 0) is 48.6 Å². The van der Waals surface area contributed by atoms with E-state index in [-0.39, 0.29) is 16.2 Å². The molecule has 0 heterocycles. The van der Waals surface area contributed by atoms with Crippen LogP contribution in [-0.2, 0) is 16.2 Å². The largest absolute Gasteiger partial charge is 0.507 e. The maximum atomic E-state index is 11.4. The van der Waals surface area contributed by atoms with Crippen LogP contribution in [0.2, 0.25) is 0 Å². The third-order valence-corrected chi connectivity index (χ3v) is 6.61. The highest BCUT2D eigenvalue weighted by Crippen LogP contribution is 2.54. The second-order valence-corrected chi connectivity index (χ2v) is 11.2. The Kier molecular flexibility index (Phi) is 5.30. The molecule has 2 heteroatoms. The molecule has 2 N–H and O–H groups in total. The van der Waals surface area contributed by atoms with Crippen molar-refractivity contribution < 1.29 is 10.2 Å². The first kappa shape index (κ1) is 21.7. The van der Waals surface area contributed by atoms with Gasteiger partial charge in [-0.25, -0.2) is 0 Å². The van der Waals surface area contributed by atoms with Crippen molar-refractivity contribution in [1.82, 2.24) is 0 Å². The fourth-order valence-electron chi connectivity index (χ4n) is 5.09.